The van der Waals surface area contributed by atoms with Crippen molar-refractivity contribution in [2.24, 2.45) is 0 Å². The third kappa shape index (κ3) is 2.49. The van der Waals surface area contributed by atoms with Crippen LogP contribution in [0, 0.1) is 0 Å². The monoisotopic (exact) mass is 252 g/mol. The van der Waals surface area contributed by atoms with E-state index in [-0.39, 0.29) is 12.0 Å². The summed E-state index contributed by atoms with van der Waals surface area (Å²) in [6.45, 7) is 7.82. The highest BCUT2D eigenvalue weighted by molar-refractivity contribution is 4.95. The van der Waals surface area contributed by atoms with Crippen molar-refractivity contribution in [3.63, 3.8) is 0 Å². The molecule has 7 nitrogen and oxygen atoms in total. The molecule has 0 amide bonds. The first-order valence-corrected chi connectivity index (χ1v) is 5.80. The minimum atomic E-state index is -0.517. The van der Waals surface area contributed by atoms with Crippen molar-refractivity contribution in [1.29, 1.82) is 0 Å². The summed E-state index contributed by atoms with van der Waals surface area (Å²) >= 11 is 0. The van der Waals surface area contributed by atoms with Crippen LogP contribution >= 0.6 is 0 Å². The summed E-state index contributed by atoms with van der Waals surface area (Å²) in [5, 5.41) is 7.88. The van der Waals surface area contributed by atoms with E-state index in [1.807, 2.05) is 27.7 Å². The van der Waals surface area contributed by atoms with Gasteiger partial charge < -0.3 is 8.94 Å². The lowest BCUT2D eigenvalue weighted by atomic mass is 9.97. The maximum Gasteiger partial charge on any atom is 0.437 e. The highest BCUT2D eigenvalue weighted by Crippen LogP contribution is 2.18. The van der Waals surface area contributed by atoms with Crippen LogP contribution in [-0.2, 0) is 18.4 Å². The molecule has 0 fully saturated rings. The van der Waals surface area contributed by atoms with Gasteiger partial charge in [-0.25, -0.2) is 4.79 Å². The minimum absolute atomic E-state index is 0.130. The second kappa shape index (κ2) is 4.40. The molecule has 2 heterocycles. The molecule has 0 aliphatic heterocycles. The van der Waals surface area contributed by atoms with Gasteiger partial charge in [0, 0.05) is 11.8 Å². The molecule has 18 heavy (non-hydrogen) atoms. The molecular formula is C11H16N4O3. The summed E-state index contributed by atoms with van der Waals surface area (Å²) in [4.78, 5) is 15.7. The fraction of sp³-hybridized carbons (Fsp3) is 0.636. The van der Waals surface area contributed by atoms with Crippen LogP contribution in [0.3, 0.4) is 0 Å². The lowest BCUT2D eigenvalue weighted by Gasteiger charge is -2.10. The van der Waals surface area contributed by atoms with Crippen molar-refractivity contribution in [3.8, 4) is 0 Å². The molecule has 2 aromatic heterocycles. The van der Waals surface area contributed by atoms with Gasteiger partial charge in [0.25, 0.3) is 0 Å². The number of hydrogen-bond acceptors (Lipinski definition) is 6. The maximum atomic E-state index is 11.6. The van der Waals surface area contributed by atoms with E-state index in [9.17, 15) is 4.79 Å². The van der Waals surface area contributed by atoms with Crippen LogP contribution in [0.1, 0.15) is 45.3 Å². The number of nitrogens with zero attached hydrogens (tertiary/aromatic N) is 4. The van der Waals surface area contributed by atoms with Gasteiger partial charge in [-0.05, 0) is 0 Å². The van der Waals surface area contributed by atoms with Gasteiger partial charge in [0.1, 0.15) is 6.54 Å². The van der Waals surface area contributed by atoms with E-state index in [0.717, 1.165) is 0 Å². The zero-order valence-corrected chi connectivity index (χ0v) is 10.9. The molecular weight excluding hydrogens is 236 g/mol. The Balaban J connectivity index is 2.24. The molecule has 0 saturated carbocycles. The molecule has 0 aliphatic carbocycles. The first kappa shape index (κ1) is 12.5. The third-order valence-corrected chi connectivity index (χ3v) is 2.36. The first-order valence-electron chi connectivity index (χ1n) is 5.80. The van der Waals surface area contributed by atoms with E-state index in [0.29, 0.717) is 24.0 Å². The van der Waals surface area contributed by atoms with Crippen molar-refractivity contribution in [1.82, 2.24) is 19.9 Å². The van der Waals surface area contributed by atoms with Gasteiger partial charge in [-0.1, -0.05) is 32.9 Å². The van der Waals surface area contributed by atoms with Crippen molar-refractivity contribution < 1.29 is 8.94 Å². The van der Waals surface area contributed by atoms with Crippen LogP contribution in [0.15, 0.2) is 13.7 Å². The summed E-state index contributed by atoms with van der Waals surface area (Å²) in [7, 11) is 0. The third-order valence-electron chi connectivity index (χ3n) is 2.36. The largest absolute Gasteiger partial charge is 0.437 e. The van der Waals surface area contributed by atoms with Gasteiger partial charge in [0.05, 0.1) is 0 Å². The second-order valence-electron chi connectivity index (χ2n) is 5.04. The zero-order valence-electron chi connectivity index (χ0n) is 10.9. The van der Waals surface area contributed by atoms with Crippen molar-refractivity contribution in [2.45, 2.75) is 46.1 Å². The summed E-state index contributed by atoms with van der Waals surface area (Å²) in [6, 6.07) is 0. The smallest absolute Gasteiger partial charge is 0.392 e. The summed E-state index contributed by atoms with van der Waals surface area (Å²) < 4.78 is 11.3. The Kier molecular flexibility index (Phi) is 3.06. The molecule has 0 spiro atoms. The van der Waals surface area contributed by atoms with Crippen molar-refractivity contribution in [2.75, 3.05) is 0 Å². The van der Waals surface area contributed by atoms with E-state index in [1.165, 1.54) is 4.68 Å². The average molecular weight is 252 g/mol. The maximum absolute atomic E-state index is 11.6. The SMILES string of the molecule is CCc1noc(Cn2nc(C(C)(C)C)oc2=O)n1. The summed E-state index contributed by atoms with van der Waals surface area (Å²) in [5.41, 5.74) is -0.312. The van der Waals surface area contributed by atoms with Crippen LogP contribution < -0.4 is 5.76 Å². The van der Waals surface area contributed by atoms with Crippen molar-refractivity contribution in [3.05, 3.63) is 28.2 Å². The van der Waals surface area contributed by atoms with Crippen molar-refractivity contribution >= 4 is 0 Å². The fourth-order valence-electron chi connectivity index (χ4n) is 1.34. The molecule has 7 heteroatoms. The van der Waals surface area contributed by atoms with Gasteiger partial charge in [0.15, 0.2) is 5.82 Å². The van der Waals surface area contributed by atoms with E-state index < -0.39 is 5.76 Å². The van der Waals surface area contributed by atoms with Gasteiger partial charge in [-0.3, -0.25) is 0 Å². The van der Waals surface area contributed by atoms with E-state index in [2.05, 4.69) is 15.2 Å². The molecule has 2 aromatic rings. The number of rotatable bonds is 3. The summed E-state index contributed by atoms with van der Waals surface area (Å²) in [5.74, 6) is 0.833. The predicted octanol–water partition coefficient (Wildman–Crippen LogP) is 1.13. The first-order chi connectivity index (χ1) is 8.40. The quantitative estimate of drug-likeness (QED) is 0.813. The Bertz CT molecular complexity index is 588. The van der Waals surface area contributed by atoms with Gasteiger partial charge in [-0.15, -0.1) is 5.10 Å². The Morgan fingerprint density at radius 3 is 2.56 bits per heavy atom. The Morgan fingerprint density at radius 2 is 2.06 bits per heavy atom. The molecule has 98 valence electrons. The van der Waals surface area contributed by atoms with Gasteiger partial charge >= 0.3 is 5.76 Å². The highest BCUT2D eigenvalue weighted by Gasteiger charge is 2.23. The molecule has 0 unspecified atom stereocenters. The van der Waals surface area contributed by atoms with E-state index >= 15 is 0 Å². The number of aryl methyl sites for hydroxylation is 1. The lowest BCUT2D eigenvalue weighted by Crippen LogP contribution is -2.17. The lowest BCUT2D eigenvalue weighted by molar-refractivity contribution is 0.354. The Hall–Kier alpha value is -1.92. The highest BCUT2D eigenvalue weighted by atomic mass is 16.5. The Labute approximate surface area is 104 Å². The van der Waals surface area contributed by atoms with Gasteiger partial charge in [0.2, 0.25) is 11.8 Å². The van der Waals surface area contributed by atoms with Crippen LogP contribution in [0.4, 0.5) is 0 Å². The fourth-order valence-corrected chi connectivity index (χ4v) is 1.34. The topological polar surface area (TPSA) is 87.0 Å². The molecule has 0 radical (unpaired) electrons. The van der Waals surface area contributed by atoms with E-state index in [1.54, 1.807) is 0 Å². The molecule has 0 N–H and O–H groups in total. The zero-order chi connectivity index (χ0) is 13.3. The van der Waals surface area contributed by atoms with Crippen LogP contribution in [0.25, 0.3) is 0 Å². The normalized spacial score (nSPS) is 12.0. The summed E-state index contributed by atoms with van der Waals surface area (Å²) in [6.07, 6.45) is 0.685. The van der Waals surface area contributed by atoms with E-state index in [4.69, 9.17) is 8.94 Å². The van der Waals surface area contributed by atoms with Gasteiger partial charge in [-0.2, -0.15) is 9.67 Å². The van der Waals surface area contributed by atoms with Crippen LogP contribution in [-0.4, -0.2) is 19.9 Å². The standard InChI is InChI=1S/C11H16N4O3/c1-5-7-12-8(18-14-7)6-15-10(16)17-9(13-15)11(2,3)4/h5-6H2,1-4H3. The molecule has 0 saturated heterocycles. The molecule has 2 rings (SSSR count). The predicted molar refractivity (Wildman–Crippen MR) is 62.2 cm³/mol. The number of hydrogen-bond donors (Lipinski definition) is 0. The number of aromatic nitrogens is 4. The molecule has 0 aliphatic rings. The Morgan fingerprint density at radius 1 is 1.33 bits per heavy atom. The van der Waals surface area contributed by atoms with Crippen LogP contribution in [0.2, 0.25) is 0 Å². The molecule has 0 bridgehead atoms. The van der Waals surface area contributed by atoms with Crippen LogP contribution in [0.5, 0.6) is 0 Å². The molecule has 0 aromatic carbocycles. The average Bonchev–Trinajstić information content (AvgIpc) is 2.86. The second-order valence-corrected chi connectivity index (χ2v) is 5.04. The minimum Gasteiger partial charge on any atom is -0.392 e. The molecule has 0 atom stereocenters.